The van der Waals surface area contributed by atoms with Crippen molar-refractivity contribution >= 4 is 11.8 Å². The van der Waals surface area contributed by atoms with E-state index in [4.69, 9.17) is 10.5 Å². The number of hydrogen-bond donors (Lipinski definition) is 1. The molecule has 2 N–H and O–H groups in total. The molecule has 0 saturated carbocycles. The van der Waals surface area contributed by atoms with E-state index in [9.17, 15) is 10.1 Å². The molecule has 0 spiro atoms. The third kappa shape index (κ3) is 3.03. The fourth-order valence-corrected chi connectivity index (χ4v) is 1.13. The molecule has 1 aromatic heterocycles. The van der Waals surface area contributed by atoms with Crippen molar-refractivity contribution in [2.45, 2.75) is 6.42 Å². The predicted octanol–water partition coefficient (Wildman–Crippen LogP) is 1.36. The molecule has 0 aliphatic rings. The standard InChI is InChI=1S/C10H13N3O3/c1-16-10-6-5-9(13(14)15)8(12-10)4-2-3-7-11/h2,4-6H,3,7,11H2,1H3. The van der Waals surface area contributed by atoms with Crippen LogP contribution in [0.1, 0.15) is 12.1 Å². The van der Waals surface area contributed by atoms with Crippen molar-refractivity contribution in [2.24, 2.45) is 5.73 Å². The fraction of sp³-hybridized carbons (Fsp3) is 0.300. The highest BCUT2D eigenvalue weighted by Crippen LogP contribution is 2.21. The number of ether oxygens (including phenoxy) is 1. The Morgan fingerprint density at radius 1 is 1.62 bits per heavy atom. The van der Waals surface area contributed by atoms with Crippen molar-refractivity contribution in [3.63, 3.8) is 0 Å². The zero-order chi connectivity index (χ0) is 12.0. The van der Waals surface area contributed by atoms with Gasteiger partial charge in [0.25, 0.3) is 5.69 Å². The maximum absolute atomic E-state index is 10.7. The smallest absolute Gasteiger partial charge is 0.295 e. The molecule has 0 atom stereocenters. The van der Waals surface area contributed by atoms with Crippen molar-refractivity contribution in [2.75, 3.05) is 13.7 Å². The molecule has 0 aliphatic heterocycles. The van der Waals surface area contributed by atoms with Gasteiger partial charge in [-0.1, -0.05) is 6.08 Å². The average molecular weight is 223 g/mol. The minimum Gasteiger partial charge on any atom is -0.481 e. The second-order valence-electron chi connectivity index (χ2n) is 2.99. The molecule has 1 aromatic rings. The first-order valence-corrected chi connectivity index (χ1v) is 4.75. The number of pyridine rings is 1. The maximum atomic E-state index is 10.7. The highest BCUT2D eigenvalue weighted by atomic mass is 16.6. The van der Waals surface area contributed by atoms with Crippen LogP contribution < -0.4 is 10.5 Å². The third-order valence-electron chi connectivity index (χ3n) is 1.89. The molecule has 0 aliphatic carbocycles. The number of nitro groups is 1. The summed E-state index contributed by atoms with van der Waals surface area (Å²) >= 11 is 0. The second-order valence-corrected chi connectivity index (χ2v) is 2.99. The van der Waals surface area contributed by atoms with E-state index in [1.807, 2.05) is 0 Å². The second kappa shape index (κ2) is 5.82. The number of nitrogens with zero attached hydrogens (tertiary/aromatic N) is 2. The van der Waals surface area contributed by atoms with Gasteiger partial charge in [-0.2, -0.15) is 0 Å². The molecule has 0 unspecified atom stereocenters. The van der Waals surface area contributed by atoms with Crippen LogP contribution in [0.5, 0.6) is 5.88 Å². The Hall–Kier alpha value is -1.95. The van der Waals surface area contributed by atoms with Gasteiger partial charge in [0.05, 0.1) is 12.0 Å². The Labute approximate surface area is 92.9 Å². The summed E-state index contributed by atoms with van der Waals surface area (Å²) in [4.78, 5) is 14.2. The lowest BCUT2D eigenvalue weighted by atomic mass is 10.2. The highest BCUT2D eigenvalue weighted by molar-refractivity contribution is 5.57. The molecule has 1 rings (SSSR count). The molecule has 0 amide bonds. The Balaban J connectivity index is 3.05. The normalized spacial score (nSPS) is 10.6. The lowest BCUT2D eigenvalue weighted by Crippen LogP contribution is -1.97. The summed E-state index contributed by atoms with van der Waals surface area (Å²) in [5.74, 6) is 0.345. The fourth-order valence-electron chi connectivity index (χ4n) is 1.13. The van der Waals surface area contributed by atoms with Gasteiger partial charge in [0, 0.05) is 12.1 Å². The van der Waals surface area contributed by atoms with Crippen molar-refractivity contribution in [3.05, 3.63) is 34.0 Å². The first kappa shape index (κ1) is 12.1. The van der Waals surface area contributed by atoms with Crippen LogP contribution in [0, 0.1) is 10.1 Å². The Morgan fingerprint density at radius 2 is 2.38 bits per heavy atom. The molecular formula is C10H13N3O3. The van der Waals surface area contributed by atoms with Gasteiger partial charge in [-0.25, -0.2) is 4.98 Å². The molecule has 1 heterocycles. The van der Waals surface area contributed by atoms with Gasteiger partial charge in [0.1, 0.15) is 5.69 Å². The van der Waals surface area contributed by atoms with Crippen LogP contribution >= 0.6 is 0 Å². The largest absolute Gasteiger partial charge is 0.481 e. The summed E-state index contributed by atoms with van der Waals surface area (Å²) in [6.45, 7) is 0.494. The van der Waals surface area contributed by atoms with Crippen molar-refractivity contribution in [1.82, 2.24) is 4.98 Å². The van der Waals surface area contributed by atoms with Crippen LogP contribution in [-0.4, -0.2) is 23.6 Å². The summed E-state index contributed by atoms with van der Waals surface area (Å²) in [7, 11) is 1.46. The highest BCUT2D eigenvalue weighted by Gasteiger charge is 2.13. The van der Waals surface area contributed by atoms with Crippen LogP contribution in [0.2, 0.25) is 0 Å². The van der Waals surface area contributed by atoms with E-state index in [0.29, 0.717) is 18.8 Å². The summed E-state index contributed by atoms with van der Waals surface area (Å²) in [6.07, 6.45) is 3.97. The van der Waals surface area contributed by atoms with E-state index in [1.165, 1.54) is 19.2 Å². The quantitative estimate of drug-likeness (QED) is 0.601. The first-order valence-electron chi connectivity index (χ1n) is 4.75. The topological polar surface area (TPSA) is 91.3 Å². The third-order valence-corrected chi connectivity index (χ3v) is 1.89. The molecule has 6 heteroatoms. The van der Waals surface area contributed by atoms with E-state index >= 15 is 0 Å². The number of rotatable bonds is 5. The monoisotopic (exact) mass is 223 g/mol. The average Bonchev–Trinajstić information content (AvgIpc) is 2.29. The van der Waals surface area contributed by atoms with Crippen LogP contribution in [0.15, 0.2) is 18.2 Å². The predicted molar refractivity (Wildman–Crippen MR) is 60.1 cm³/mol. The molecule has 86 valence electrons. The zero-order valence-corrected chi connectivity index (χ0v) is 8.92. The van der Waals surface area contributed by atoms with Gasteiger partial charge in [-0.05, 0) is 19.0 Å². The summed E-state index contributed by atoms with van der Waals surface area (Å²) in [5.41, 5.74) is 5.54. The molecule has 0 radical (unpaired) electrons. The number of nitrogens with two attached hydrogens (primary N) is 1. The Kier molecular flexibility index (Phi) is 4.41. The van der Waals surface area contributed by atoms with Crippen LogP contribution in [0.3, 0.4) is 0 Å². The van der Waals surface area contributed by atoms with E-state index in [-0.39, 0.29) is 11.4 Å². The summed E-state index contributed by atoms with van der Waals surface area (Å²) in [5, 5.41) is 10.7. The first-order chi connectivity index (χ1) is 7.69. The summed E-state index contributed by atoms with van der Waals surface area (Å²) in [6, 6.07) is 2.83. The molecule has 0 bridgehead atoms. The SMILES string of the molecule is COc1ccc([N+](=O)[O-])c(C=CCCN)n1. The zero-order valence-electron chi connectivity index (χ0n) is 8.92. The summed E-state index contributed by atoms with van der Waals surface area (Å²) < 4.78 is 4.90. The van der Waals surface area contributed by atoms with Crippen LogP contribution in [0.4, 0.5) is 5.69 Å². The lowest BCUT2D eigenvalue weighted by molar-refractivity contribution is -0.385. The number of methoxy groups -OCH3 is 1. The van der Waals surface area contributed by atoms with Gasteiger partial charge >= 0.3 is 0 Å². The molecule has 0 fully saturated rings. The van der Waals surface area contributed by atoms with Crippen LogP contribution in [0.25, 0.3) is 6.08 Å². The van der Waals surface area contributed by atoms with Gasteiger partial charge in [-0.3, -0.25) is 10.1 Å². The van der Waals surface area contributed by atoms with E-state index in [0.717, 1.165) is 0 Å². The molecular weight excluding hydrogens is 210 g/mol. The van der Waals surface area contributed by atoms with E-state index in [1.54, 1.807) is 12.2 Å². The maximum Gasteiger partial charge on any atom is 0.295 e. The molecule has 0 saturated heterocycles. The molecule has 6 nitrogen and oxygen atoms in total. The Morgan fingerprint density at radius 3 is 2.94 bits per heavy atom. The van der Waals surface area contributed by atoms with Crippen molar-refractivity contribution in [3.8, 4) is 5.88 Å². The number of hydrogen-bond acceptors (Lipinski definition) is 5. The van der Waals surface area contributed by atoms with Crippen LogP contribution in [-0.2, 0) is 0 Å². The Bertz CT molecular complexity index is 404. The van der Waals surface area contributed by atoms with Crippen molar-refractivity contribution < 1.29 is 9.66 Å². The number of aromatic nitrogens is 1. The van der Waals surface area contributed by atoms with Crippen molar-refractivity contribution in [1.29, 1.82) is 0 Å². The van der Waals surface area contributed by atoms with Gasteiger partial charge in [-0.15, -0.1) is 0 Å². The minimum absolute atomic E-state index is 0.0472. The molecule has 16 heavy (non-hydrogen) atoms. The van der Waals surface area contributed by atoms with Gasteiger partial charge < -0.3 is 10.5 Å². The van der Waals surface area contributed by atoms with E-state index in [2.05, 4.69) is 4.98 Å². The van der Waals surface area contributed by atoms with Gasteiger partial charge in [0.15, 0.2) is 0 Å². The minimum atomic E-state index is -0.478. The van der Waals surface area contributed by atoms with E-state index < -0.39 is 4.92 Å². The molecule has 0 aromatic carbocycles. The lowest BCUT2D eigenvalue weighted by Gasteiger charge is -2.00. The van der Waals surface area contributed by atoms with Gasteiger partial charge in [0.2, 0.25) is 5.88 Å².